The number of fused-ring (bicyclic) bond motifs is 4. The second-order valence-electron chi connectivity index (χ2n) is 7.93. The minimum absolute atomic E-state index is 0.139. The molecular formula is C27H20N4O2. The largest absolute Gasteiger partial charge is 0.481 e. The van der Waals surface area contributed by atoms with E-state index >= 15 is 0 Å². The average Bonchev–Trinajstić information content (AvgIpc) is 3.47. The van der Waals surface area contributed by atoms with Crippen LogP contribution in [0, 0.1) is 0 Å². The van der Waals surface area contributed by atoms with Gasteiger partial charge in [-0.25, -0.2) is 9.97 Å². The van der Waals surface area contributed by atoms with Gasteiger partial charge in [-0.15, -0.1) is 0 Å². The first kappa shape index (κ1) is 19.3. The third kappa shape index (κ3) is 3.07. The molecule has 1 aliphatic carbocycles. The number of carbonyl (C=O) groups is 1. The minimum Gasteiger partial charge on any atom is -0.481 e. The molecule has 0 saturated carbocycles. The van der Waals surface area contributed by atoms with Crippen molar-refractivity contribution in [3.63, 3.8) is 0 Å². The zero-order valence-electron chi connectivity index (χ0n) is 17.9. The number of amides is 1. The Balaban J connectivity index is 1.47. The molecule has 0 radical (unpaired) electrons. The van der Waals surface area contributed by atoms with Gasteiger partial charge in [-0.1, -0.05) is 48.5 Å². The number of rotatable bonds is 4. The van der Waals surface area contributed by atoms with Crippen molar-refractivity contribution in [3.8, 4) is 28.3 Å². The number of H-pyrrole nitrogens is 1. The SMILES string of the molecule is COc1cccc(-c2cccc3c2-c2ccccc2C3NC(=O)c2ccnc3[nH]ccc23)n1. The molecule has 3 aromatic heterocycles. The highest BCUT2D eigenvalue weighted by atomic mass is 16.5. The van der Waals surface area contributed by atoms with Crippen molar-refractivity contribution in [3.05, 3.63) is 102 Å². The summed E-state index contributed by atoms with van der Waals surface area (Å²) < 4.78 is 5.34. The maximum atomic E-state index is 13.4. The molecule has 3 heterocycles. The van der Waals surface area contributed by atoms with Crippen LogP contribution in [0.3, 0.4) is 0 Å². The van der Waals surface area contributed by atoms with Crippen LogP contribution in [0.5, 0.6) is 5.88 Å². The van der Waals surface area contributed by atoms with Crippen LogP contribution in [0.25, 0.3) is 33.4 Å². The second kappa shape index (κ2) is 7.60. The first-order valence-electron chi connectivity index (χ1n) is 10.7. The Morgan fingerprint density at radius 1 is 0.939 bits per heavy atom. The Bertz CT molecular complexity index is 1520. The van der Waals surface area contributed by atoms with Gasteiger partial charge >= 0.3 is 0 Å². The van der Waals surface area contributed by atoms with Crippen molar-refractivity contribution in [1.82, 2.24) is 20.3 Å². The first-order chi connectivity index (χ1) is 16.2. The molecule has 33 heavy (non-hydrogen) atoms. The number of aromatic amines is 1. The lowest BCUT2D eigenvalue weighted by molar-refractivity contribution is 0.0945. The van der Waals surface area contributed by atoms with Gasteiger partial charge in [-0.3, -0.25) is 4.79 Å². The van der Waals surface area contributed by atoms with Crippen LogP contribution in [0.15, 0.2) is 85.2 Å². The third-order valence-corrected chi connectivity index (χ3v) is 6.14. The van der Waals surface area contributed by atoms with Crippen LogP contribution >= 0.6 is 0 Å². The second-order valence-corrected chi connectivity index (χ2v) is 7.93. The van der Waals surface area contributed by atoms with Crippen molar-refractivity contribution in [2.24, 2.45) is 0 Å². The van der Waals surface area contributed by atoms with E-state index in [1.54, 1.807) is 25.6 Å². The Morgan fingerprint density at radius 3 is 2.67 bits per heavy atom. The van der Waals surface area contributed by atoms with E-state index in [1.165, 1.54) is 0 Å². The van der Waals surface area contributed by atoms with Crippen LogP contribution in [0.2, 0.25) is 0 Å². The average molecular weight is 432 g/mol. The van der Waals surface area contributed by atoms with E-state index in [4.69, 9.17) is 4.74 Å². The molecule has 160 valence electrons. The summed E-state index contributed by atoms with van der Waals surface area (Å²) in [5.74, 6) is 0.425. The Kier molecular flexibility index (Phi) is 4.43. The van der Waals surface area contributed by atoms with Crippen molar-refractivity contribution in [1.29, 1.82) is 0 Å². The fraction of sp³-hybridized carbons (Fsp3) is 0.0741. The normalized spacial score (nSPS) is 14.0. The Morgan fingerprint density at radius 2 is 1.76 bits per heavy atom. The fourth-order valence-electron chi connectivity index (χ4n) is 4.67. The highest BCUT2D eigenvalue weighted by molar-refractivity contribution is 6.06. The monoisotopic (exact) mass is 432 g/mol. The van der Waals surface area contributed by atoms with Gasteiger partial charge in [0.15, 0.2) is 0 Å². The van der Waals surface area contributed by atoms with Gasteiger partial charge in [0.25, 0.3) is 5.91 Å². The summed E-state index contributed by atoms with van der Waals surface area (Å²) in [6.45, 7) is 0. The summed E-state index contributed by atoms with van der Waals surface area (Å²) >= 11 is 0. The summed E-state index contributed by atoms with van der Waals surface area (Å²) in [6, 6.07) is 23.5. The molecule has 1 aliphatic rings. The molecule has 1 amide bonds. The summed E-state index contributed by atoms with van der Waals surface area (Å²) in [5.41, 5.74) is 7.42. The third-order valence-electron chi connectivity index (χ3n) is 6.14. The molecule has 1 atom stereocenters. The van der Waals surface area contributed by atoms with E-state index < -0.39 is 0 Å². The van der Waals surface area contributed by atoms with Crippen molar-refractivity contribution < 1.29 is 9.53 Å². The molecule has 0 aliphatic heterocycles. The van der Waals surface area contributed by atoms with Gasteiger partial charge in [0.2, 0.25) is 5.88 Å². The van der Waals surface area contributed by atoms with Crippen LogP contribution in [0.4, 0.5) is 0 Å². The number of ether oxygens (including phenoxy) is 1. The van der Waals surface area contributed by atoms with Gasteiger partial charge in [0.1, 0.15) is 5.65 Å². The highest BCUT2D eigenvalue weighted by Crippen LogP contribution is 2.47. The summed E-state index contributed by atoms with van der Waals surface area (Å²) in [4.78, 5) is 25.4. The number of carbonyl (C=O) groups excluding carboxylic acids is 1. The predicted octanol–water partition coefficient (Wildman–Crippen LogP) is 5.13. The molecule has 6 heteroatoms. The number of nitrogens with zero attached hydrogens (tertiary/aromatic N) is 2. The maximum absolute atomic E-state index is 13.4. The Hall–Kier alpha value is -4.45. The van der Waals surface area contributed by atoms with Gasteiger partial charge in [0.05, 0.1) is 24.4 Å². The molecule has 5 aromatic rings. The number of nitrogens with one attached hydrogen (secondary N) is 2. The topological polar surface area (TPSA) is 79.9 Å². The molecule has 2 aromatic carbocycles. The predicted molar refractivity (Wildman–Crippen MR) is 127 cm³/mol. The van der Waals surface area contributed by atoms with Crippen molar-refractivity contribution in [2.45, 2.75) is 6.04 Å². The van der Waals surface area contributed by atoms with Gasteiger partial charge in [-0.2, -0.15) is 0 Å². The minimum atomic E-state index is -0.267. The van der Waals surface area contributed by atoms with Gasteiger partial charge < -0.3 is 15.0 Å². The number of methoxy groups -OCH3 is 1. The number of benzene rings is 2. The molecule has 0 bridgehead atoms. The van der Waals surface area contributed by atoms with Gasteiger partial charge in [-0.05, 0) is 40.5 Å². The van der Waals surface area contributed by atoms with Crippen LogP contribution in [-0.4, -0.2) is 28.0 Å². The van der Waals surface area contributed by atoms with Crippen molar-refractivity contribution >= 4 is 16.9 Å². The molecule has 6 rings (SSSR count). The lowest BCUT2D eigenvalue weighted by Gasteiger charge is -2.17. The standard InChI is InChI=1S/C27H20N4O2/c1-33-23-11-5-10-22(30-23)20-8-4-9-21-24(20)16-6-2-3-7-17(16)25(21)31-27(32)19-13-15-29-26-18(19)12-14-28-26/h2-15,25H,1H3,(H,28,29)(H,31,32). The first-order valence-corrected chi connectivity index (χ1v) is 10.7. The summed E-state index contributed by atoms with van der Waals surface area (Å²) in [5, 5.41) is 4.07. The lowest BCUT2D eigenvalue weighted by atomic mass is 9.96. The van der Waals surface area contributed by atoms with Crippen LogP contribution in [0.1, 0.15) is 27.5 Å². The molecule has 2 N–H and O–H groups in total. The van der Waals surface area contributed by atoms with E-state index in [2.05, 4.69) is 44.5 Å². The molecule has 0 saturated heterocycles. The summed E-state index contributed by atoms with van der Waals surface area (Å²) in [7, 11) is 1.61. The highest BCUT2D eigenvalue weighted by Gasteiger charge is 2.32. The van der Waals surface area contributed by atoms with Crippen LogP contribution < -0.4 is 10.1 Å². The van der Waals surface area contributed by atoms with Crippen molar-refractivity contribution in [2.75, 3.05) is 7.11 Å². The Labute approximate surface area is 190 Å². The number of hydrogen-bond acceptors (Lipinski definition) is 4. The summed E-state index contributed by atoms with van der Waals surface area (Å²) in [6.07, 6.45) is 3.44. The maximum Gasteiger partial charge on any atom is 0.252 e. The van der Waals surface area contributed by atoms with E-state index in [0.29, 0.717) is 17.1 Å². The van der Waals surface area contributed by atoms with E-state index in [1.807, 2.05) is 42.5 Å². The van der Waals surface area contributed by atoms with E-state index in [-0.39, 0.29) is 11.9 Å². The zero-order chi connectivity index (χ0) is 22.4. The molecule has 1 unspecified atom stereocenters. The van der Waals surface area contributed by atoms with Crippen LogP contribution in [-0.2, 0) is 0 Å². The fourth-order valence-corrected chi connectivity index (χ4v) is 4.67. The quantitative estimate of drug-likeness (QED) is 0.412. The van der Waals surface area contributed by atoms with Gasteiger partial charge in [0, 0.05) is 29.4 Å². The molecule has 0 fully saturated rings. The lowest BCUT2D eigenvalue weighted by Crippen LogP contribution is -2.28. The number of hydrogen-bond donors (Lipinski definition) is 2. The van der Waals surface area contributed by atoms with E-state index in [9.17, 15) is 4.79 Å². The molecule has 0 spiro atoms. The van der Waals surface area contributed by atoms with E-state index in [0.717, 1.165) is 38.9 Å². The zero-order valence-corrected chi connectivity index (χ0v) is 17.9. The molecular weight excluding hydrogens is 412 g/mol. The number of aromatic nitrogens is 3. The number of pyridine rings is 2. The molecule has 6 nitrogen and oxygen atoms in total. The smallest absolute Gasteiger partial charge is 0.252 e.